The summed E-state index contributed by atoms with van der Waals surface area (Å²) in [7, 11) is 1.31. The lowest BCUT2D eigenvalue weighted by atomic mass is 9.95. The van der Waals surface area contributed by atoms with Gasteiger partial charge in [0.2, 0.25) is 0 Å². The van der Waals surface area contributed by atoms with Crippen molar-refractivity contribution < 1.29 is 14.3 Å². The van der Waals surface area contributed by atoms with Gasteiger partial charge in [-0.1, -0.05) is 42.5 Å². The van der Waals surface area contributed by atoms with Crippen molar-refractivity contribution >= 4 is 17.7 Å². The third kappa shape index (κ3) is 4.84. The summed E-state index contributed by atoms with van der Waals surface area (Å²) in [6, 6.07) is 16.3. The minimum atomic E-state index is -0.491. The van der Waals surface area contributed by atoms with Crippen molar-refractivity contribution in [1.82, 2.24) is 5.32 Å². The summed E-state index contributed by atoms with van der Waals surface area (Å²) in [4.78, 5) is 24.1. The van der Waals surface area contributed by atoms with E-state index < -0.39 is 11.5 Å². The average molecular weight is 326 g/mol. The molecule has 2 N–H and O–H groups in total. The molecule has 0 aromatic heterocycles. The summed E-state index contributed by atoms with van der Waals surface area (Å²) >= 11 is 0. The number of amides is 2. The molecule has 0 bridgehead atoms. The van der Waals surface area contributed by atoms with Crippen LogP contribution in [0.1, 0.15) is 29.8 Å². The van der Waals surface area contributed by atoms with Crippen molar-refractivity contribution in [3.63, 3.8) is 0 Å². The van der Waals surface area contributed by atoms with Crippen molar-refractivity contribution in [3.05, 3.63) is 65.7 Å². The summed E-state index contributed by atoms with van der Waals surface area (Å²) in [5, 5.41) is 5.65. The topological polar surface area (TPSA) is 67.4 Å². The Balaban J connectivity index is 2.04. The van der Waals surface area contributed by atoms with Gasteiger partial charge in [0.15, 0.2) is 0 Å². The van der Waals surface area contributed by atoms with Crippen LogP contribution in [0.2, 0.25) is 0 Å². The number of para-hydroxylation sites is 1. The first-order chi connectivity index (χ1) is 11.4. The lowest BCUT2D eigenvalue weighted by Gasteiger charge is -2.26. The van der Waals surface area contributed by atoms with Gasteiger partial charge in [0.1, 0.15) is 0 Å². The fraction of sp³-hybridized carbons (Fsp3) is 0.263. The van der Waals surface area contributed by atoms with E-state index in [1.54, 1.807) is 24.3 Å². The van der Waals surface area contributed by atoms with Crippen molar-refractivity contribution in [2.24, 2.45) is 0 Å². The number of rotatable bonds is 5. The van der Waals surface area contributed by atoms with E-state index in [0.29, 0.717) is 17.7 Å². The molecule has 0 unspecified atom stereocenters. The van der Waals surface area contributed by atoms with Crippen molar-refractivity contribution in [2.75, 3.05) is 12.4 Å². The molecule has 0 aliphatic carbocycles. The van der Waals surface area contributed by atoms with E-state index >= 15 is 0 Å². The SMILES string of the molecule is COC(=O)c1ccccc1NC(=O)NC(C)(C)Cc1ccccc1. The second-order valence-electron chi connectivity index (χ2n) is 6.16. The number of carbonyl (C=O) groups excluding carboxylic acids is 2. The zero-order chi connectivity index (χ0) is 17.6. The van der Waals surface area contributed by atoms with Crippen LogP contribution in [0.4, 0.5) is 10.5 Å². The van der Waals surface area contributed by atoms with Crippen LogP contribution in [0.15, 0.2) is 54.6 Å². The summed E-state index contributed by atoms with van der Waals surface area (Å²) in [6.07, 6.45) is 0.694. The van der Waals surface area contributed by atoms with Crippen LogP contribution in [0.25, 0.3) is 0 Å². The Labute approximate surface area is 142 Å². The van der Waals surface area contributed by atoms with Gasteiger partial charge >= 0.3 is 12.0 Å². The highest BCUT2D eigenvalue weighted by Gasteiger charge is 2.22. The number of ether oxygens (including phenoxy) is 1. The molecule has 5 heteroatoms. The molecule has 0 aliphatic heterocycles. The molecule has 0 heterocycles. The molecule has 2 aromatic carbocycles. The van der Waals surface area contributed by atoms with E-state index in [-0.39, 0.29) is 6.03 Å². The number of hydrogen-bond acceptors (Lipinski definition) is 3. The van der Waals surface area contributed by atoms with Gasteiger partial charge in [0.05, 0.1) is 18.4 Å². The number of nitrogens with one attached hydrogen (secondary N) is 2. The quantitative estimate of drug-likeness (QED) is 0.825. The molecule has 0 atom stereocenters. The van der Waals surface area contributed by atoms with Crippen LogP contribution < -0.4 is 10.6 Å². The van der Waals surface area contributed by atoms with Crippen LogP contribution in [0.3, 0.4) is 0 Å². The maximum atomic E-state index is 12.3. The fourth-order valence-corrected chi connectivity index (χ4v) is 2.49. The Bertz CT molecular complexity index is 712. The lowest BCUT2D eigenvalue weighted by Crippen LogP contribution is -2.47. The summed E-state index contributed by atoms with van der Waals surface area (Å²) in [5.74, 6) is -0.491. The third-order valence-electron chi connectivity index (χ3n) is 3.52. The van der Waals surface area contributed by atoms with Gasteiger partial charge in [0.25, 0.3) is 0 Å². The Morgan fingerprint density at radius 1 is 1.00 bits per heavy atom. The van der Waals surface area contributed by atoms with E-state index in [2.05, 4.69) is 10.6 Å². The van der Waals surface area contributed by atoms with Crippen molar-refractivity contribution in [2.45, 2.75) is 25.8 Å². The first-order valence-corrected chi connectivity index (χ1v) is 7.72. The normalized spacial score (nSPS) is 10.8. The smallest absolute Gasteiger partial charge is 0.339 e. The molecule has 0 spiro atoms. The average Bonchev–Trinajstić information content (AvgIpc) is 2.54. The lowest BCUT2D eigenvalue weighted by molar-refractivity contribution is 0.0602. The number of esters is 1. The maximum Gasteiger partial charge on any atom is 0.339 e. The Morgan fingerprint density at radius 3 is 2.29 bits per heavy atom. The number of hydrogen-bond donors (Lipinski definition) is 2. The molecular formula is C19H22N2O3. The molecule has 0 saturated carbocycles. The van der Waals surface area contributed by atoms with Gasteiger partial charge in [-0.2, -0.15) is 0 Å². The first kappa shape index (κ1) is 17.5. The molecule has 0 saturated heterocycles. The Morgan fingerprint density at radius 2 is 1.62 bits per heavy atom. The van der Waals surface area contributed by atoms with Crippen LogP contribution in [0.5, 0.6) is 0 Å². The highest BCUT2D eigenvalue weighted by atomic mass is 16.5. The van der Waals surface area contributed by atoms with Crippen molar-refractivity contribution in [1.29, 1.82) is 0 Å². The molecule has 0 fully saturated rings. The Kier molecular flexibility index (Phi) is 5.58. The Hall–Kier alpha value is -2.82. The summed E-state index contributed by atoms with van der Waals surface area (Å²) in [5.41, 5.74) is 1.43. The monoisotopic (exact) mass is 326 g/mol. The largest absolute Gasteiger partial charge is 0.465 e. The molecule has 5 nitrogen and oxygen atoms in total. The zero-order valence-corrected chi connectivity index (χ0v) is 14.1. The molecule has 2 rings (SSSR count). The highest BCUT2D eigenvalue weighted by molar-refractivity contribution is 6.00. The molecule has 126 valence electrons. The van der Waals surface area contributed by atoms with Gasteiger partial charge in [-0.15, -0.1) is 0 Å². The van der Waals surface area contributed by atoms with E-state index in [4.69, 9.17) is 4.74 Å². The maximum absolute atomic E-state index is 12.3. The summed E-state index contributed by atoms with van der Waals surface area (Å²) in [6.45, 7) is 3.90. The van der Waals surface area contributed by atoms with Gasteiger partial charge in [-0.3, -0.25) is 0 Å². The predicted molar refractivity (Wildman–Crippen MR) is 94.2 cm³/mol. The number of anilines is 1. The number of carbonyl (C=O) groups is 2. The van der Waals surface area contributed by atoms with Gasteiger partial charge in [-0.25, -0.2) is 9.59 Å². The second kappa shape index (κ2) is 7.64. The zero-order valence-electron chi connectivity index (χ0n) is 14.1. The molecular weight excluding hydrogens is 304 g/mol. The van der Waals surface area contributed by atoms with E-state index in [1.165, 1.54) is 7.11 Å². The first-order valence-electron chi connectivity index (χ1n) is 7.72. The third-order valence-corrected chi connectivity index (χ3v) is 3.52. The van der Waals surface area contributed by atoms with Crippen LogP contribution in [0, 0.1) is 0 Å². The van der Waals surface area contributed by atoms with Crippen LogP contribution in [-0.2, 0) is 11.2 Å². The van der Waals surface area contributed by atoms with E-state index in [9.17, 15) is 9.59 Å². The van der Waals surface area contributed by atoms with E-state index in [1.807, 2.05) is 44.2 Å². The number of benzene rings is 2. The van der Waals surface area contributed by atoms with Crippen molar-refractivity contribution in [3.8, 4) is 0 Å². The summed E-state index contributed by atoms with van der Waals surface area (Å²) < 4.78 is 4.73. The molecule has 2 amide bonds. The second-order valence-corrected chi connectivity index (χ2v) is 6.16. The van der Waals surface area contributed by atoms with Crippen LogP contribution >= 0.6 is 0 Å². The van der Waals surface area contributed by atoms with Gasteiger partial charge in [-0.05, 0) is 38.0 Å². The van der Waals surface area contributed by atoms with Gasteiger partial charge in [0, 0.05) is 5.54 Å². The number of urea groups is 1. The highest BCUT2D eigenvalue weighted by Crippen LogP contribution is 2.17. The number of methoxy groups -OCH3 is 1. The molecule has 0 aliphatic rings. The van der Waals surface area contributed by atoms with E-state index in [0.717, 1.165) is 5.56 Å². The fourth-order valence-electron chi connectivity index (χ4n) is 2.49. The predicted octanol–water partition coefficient (Wildman–Crippen LogP) is 3.62. The minimum Gasteiger partial charge on any atom is -0.465 e. The van der Waals surface area contributed by atoms with Gasteiger partial charge < -0.3 is 15.4 Å². The van der Waals surface area contributed by atoms with Crippen LogP contribution in [-0.4, -0.2) is 24.6 Å². The molecule has 24 heavy (non-hydrogen) atoms. The standard InChI is InChI=1S/C19H22N2O3/c1-19(2,13-14-9-5-4-6-10-14)21-18(23)20-16-12-8-7-11-15(16)17(22)24-3/h4-12H,13H2,1-3H3,(H2,20,21,23). The molecule has 2 aromatic rings. The minimum absolute atomic E-state index is 0.316. The molecule has 0 radical (unpaired) electrons.